The van der Waals surface area contributed by atoms with Crippen LogP contribution in [0.1, 0.15) is 6.42 Å². The van der Waals surface area contributed by atoms with Crippen LogP contribution in [0.2, 0.25) is 0 Å². The minimum absolute atomic E-state index is 0.0142. The fraction of sp³-hybridized carbons (Fsp3) is 0.125. The molecule has 0 aliphatic heterocycles. The van der Waals surface area contributed by atoms with Crippen molar-refractivity contribution in [1.29, 1.82) is 0 Å². The number of carbonyl (C=O) groups excluding carboxylic acids is 1. The Hall–Kier alpha value is -2.63. The molecule has 1 aromatic carbocycles. The number of carbonyl (C=O) groups is 1. The molecule has 0 atom stereocenters. The molecule has 27 heavy (non-hydrogen) atoms. The summed E-state index contributed by atoms with van der Waals surface area (Å²) in [6.07, 6.45) is -0.198. The second kappa shape index (κ2) is 7.94. The van der Waals surface area contributed by atoms with E-state index in [1.165, 1.54) is 34.9 Å². The molecule has 0 spiro atoms. The lowest BCUT2D eigenvalue weighted by molar-refractivity contribution is -0.384. The van der Waals surface area contributed by atoms with Gasteiger partial charge in [-0.2, -0.15) is 0 Å². The highest BCUT2D eigenvalue weighted by atomic mass is 32.2. The molecule has 1 amide bonds. The predicted molar refractivity (Wildman–Crippen MR) is 104 cm³/mol. The summed E-state index contributed by atoms with van der Waals surface area (Å²) in [4.78, 5) is 27.3. The maximum atomic E-state index is 12.2. The van der Waals surface area contributed by atoms with Crippen molar-refractivity contribution in [3.05, 3.63) is 57.3 Å². The van der Waals surface area contributed by atoms with Gasteiger partial charge < -0.3 is 5.32 Å². The Labute approximate surface area is 162 Å². The predicted octanol–water partition coefficient (Wildman–Crippen LogP) is 3.58. The van der Waals surface area contributed by atoms with Crippen LogP contribution in [0.25, 0.3) is 10.6 Å². The molecule has 0 unspecified atom stereocenters. The molecule has 2 heterocycles. The van der Waals surface area contributed by atoms with Crippen molar-refractivity contribution in [2.75, 3.05) is 11.1 Å². The first-order chi connectivity index (χ1) is 12.8. The quantitative estimate of drug-likeness (QED) is 0.458. The van der Waals surface area contributed by atoms with Crippen molar-refractivity contribution in [3.8, 4) is 10.6 Å². The number of benzene rings is 1. The van der Waals surface area contributed by atoms with Crippen molar-refractivity contribution in [3.63, 3.8) is 0 Å². The summed E-state index contributed by atoms with van der Waals surface area (Å²) >= 11 is 2.35. The first-order valence-corrected chi connectivity index (χ1v) is 11.0. The zero-order chi connectivity index (χ0) is 19.4. The van der Waals surface area contributed by atoms with Gasteiger partial charge in [0, 0.05) is 17.9 Å². The number of thiazole rings is 1. The molecule has 0 aliphatic rings. The van der Waals surface area contributed by atoms with Gasteiger partial charge in [-0.15, -0.1) is 22.7 Å². The number of thiophene rings is 1. The highest BCUT2D eigenvalue weighted by Gasteiger charge is 2.17. The van der Waals surface area contributed by atoms with E-state index in [4.69, 9.17) is 0 Å². The Balaban J connectivity index is 1.60. The Morgan fingerprint density at radius 1 is 1.19 bits per heavy atom. The number of sulfone groups is 1. The van der Waals surface area contributed by atoms with Gasteiger partial charge in [0.1, 0.15) is 0 Å². The van der Waals surface area contributed by atoms with E-state index in [0.29, 0.717) is 15.7 Å². The molecular formula is C16H13N3O5S3. The summed E-state index contributed by atoms with van der Waals surface area (Å²) in [6.45, 7) is 0. The number of anilines is 1. The summed E-state index contributed by atoms with van der Waals surface area (Å²) in [7, 11) is -3.53. The second-order valence-electron chi connectivity index (χ2n) is 5.39. The van der Waals surface area contributed by atoms with E-state index in [1.54, 1.807) is 23.6 Å². The molecule has 8 nitrogen and oxygen atoms in total. The van der Waals surface area contributed by atoms with Crippen LogP contribution in [-0.2, 0) is 14.6 Å². The zero-order valence-corrected chi connectivity index (χ0v) is 16.1. The molecule has 0 aliphatic carbocycles. The van der Waals surface area contributed by atoms with Gasteiger partial charge in [-0.3, -0.25) is 14.9 Å². The largest absolute Gasteiger partial charge is 0.302 e. The van der Waals surface area contributed by atoms with Gasteiger partial charge >= 0.3 is 0 Å². The van der Waals surface area contributed by atoms with Crippen LogP contribution in [-0.4, -0.2) is 30.0 Å². The molecule has 0 fully saturated rings. The number of aromatic nitrogens is 1. The van der Waals surface area contributed by atoms with E-state index in [2.05, 4.69) is 10.3 Å². The van der Waals surface area contributed by atoms with E-state index in [9.17, 15) is 23.3 Å². The summed E-state index contributed by atoms with van der Waals surface area (Å²) < 4.78 is 24.4. The van der Waals surface area contributed by atoms with Crippen molar-refractivity contribution >= 4 is 49.2 Å². The van der Waals surface area contributed by atoms with Crippen molar-refractivity contribution in [2.24, 2.45) is 0 Å². The van der Waals surface area contributed by atoms with Gasteiger partial charge in [-0.25, -0.2) is 13.4 Å². The molecule has 0 saturated heterocycles. The minimum Gasteiger partial charge on any atom is -0.302 e. The van der Waals surface area contributed by atoms with Gasteiger partial charge in [-0.1, -0.05) is 18.2 Å². The smallest absolute Gasteiger partial charge is 0.280 e. The lowest BCUT2D eigenvalue weighted by atomic mass is 10.4. The molecule has 0 radical (unpaired) electrons. The molecule has 1 N–H and O–H groups in total. The minimum atomic E-state index is -3.53. The second-order valence-corrected chi connectivity index (χ2v) is 9.27. The average molecular weight is 423 g/mol. The van der Waals surface area contributed by atoms with Crippen molar-refractivity contribution in [1.82, 2.24) is 4.98 Å². The number of hydrogen-bond donors (Lipinski definition) is 1. The highest BCUT2D eigenvalue weighted by molar-refractivity contribution is 7.91. The van der Waals surface area contributed by atoms with Crippen LogP contribution in [0, 0.1) is 10.1 Å². The third-order valence-electron chi connectivity index (χ3n) is 3.50. The third-order valence-corrected chi connectivity index (χ3v) is 6.93. The summed E-state index contributed by atoms with van der Waals surface area (Å²) in [5.74, 6) is -0.773. The molecule has 11 heteroatoms. The molecule has 3 rings (SSSR count). The molecule has 2 aromatic heterocycles. The topological polar surface area (TPSA) is 119 Å². The van der Waals surface area contributed by atoms with E-state index in [0.717, 1.165) is 11.3 Å². The Morgan fingerprint density at radius 2 is 1.93 bits per heavy atom. The highest BCUT2D eigenvalue weighted by Crippen LogP contribution is 2.32. The number of rotatable bonds is 7. The molecule has 140 valence electrons. The summed E-state index contributed by atoms with van der Waals surface area (Å²) in [6, 6.07) is 9.35. The van der Waals surface area contributed by atoms with Crippen molar-refractivity contribution < 1.29 is 18.1 Å². The molecular weight excluding hydrogens is 410 g/mol. The van der Waals surface area contributed by atoms with Gasteiger partial charge in [0.15, 0.2) is 15.0 Å². The SMILES string of the molecule is O=C(CCS(=O)(=O)c1ccccc1)Nc1nc(-c2cc([N+](=O)[O-])cs2)cs1. The Bertz CT molecular complexity index is 1070. The molecule has 3 aromatic rings. The molecule has 0 bridgehead atoms. The standard InChI is InChI=1S/C16H13N3O5S3/c20-15(6-7-27(23,24)12-4-2-1-3-5-12)18-16-17-13(10-26-16)14-8-11(9-25-14)19(21)22/h1-5,8-10H,6-7H2,(H,17,18,20). The Kier molecular flexibility index (Phi) is 5.63. The van der Waals surface area contributed by atoms with Crippen LogP contribution in [0.15, 0.2) is 52.1 Å². The van der Waals surface area contributed by atoms with E-state index >= 15 is 0 Å². The maximum absolute atomic E-state index is 12.2. The van der Waals surface area contributed by atoms with Crippen LogP contribution in [0.5, 0.6) is 0 Å². The third kappa shape index (κ3) is 4.76. The maximum Gasteiger partial charge on any atom is 0.280 e. The monoisotopic (exact) mass is 423 g/mol. The number of hydrogen-bond acceptors (Lipinski definition) is 8. The number of nitrogens with zero attached hydrogens (tertiary/aromatic N) is 2. The van der Waals surface area contributed by atoms with Crippen LogP contribution < -0.4 is 5.32 Å². The first kappa shape index (κ1) is 19.1. The van der Waals surface area contributed by atoms with Crippen LogP contribution in [0.3, 0.4) is 0 Å². The normalized spacial score (nSPS) is 11.3. The van der Waals surface area contributed by atoms with Gasteiger partial charge in [-0.05, 0) is 12.1 Å². The van der Waals surface area contributed by atoms with Crippen LogP contribution in [0.4, 0.5) is 10.8 Å². The van der Waals surface area contributed by atoms with E-state index in [1.807, 2.05) is 0 Å². The van der Waals surface area contributed by atoms with Crippen molar-refractivity contribution in [2.45, 2.75) is 11.3 Å². The summed E-state index contributed by atoms with van der Waals surface area (Å²) in [5, 5.41) is 16.7. The average Bonchev–Trinajstić information content (AvgIpc) is 3.30. The number of amides is 1. The molecule has 0 saturated carbocycles. The van der Waals surface area contributed by atoms with Crippen LogP contribution >= 0.6 is 22.7 Å². The lowest BCUT2D eigenvalue weighted by Crippen LogP contribution is -2.17. The van der Waals surface area contributed by atoms with E-state index in [-0.39, 0.29) is 22.8 Å². The fourth-order valence-electron chi connectivity index (χ4n) is 2.16. The van der Waals surface area contributed by atoms with Gasteiger partial charge in [0.05, 0.1) is 31.5 Å². The zero-order valence-electron chi connectivity index (χ0n) is 13.7. The fourth-order valence-corrected chi connectivity index (χ4v) is 5.03. The Morgan fingerprint density at radius 3 is 2.59 bits per heavy atom. The number of nitrogens with one attached hydrogen (secondary N) is 1. The van der Waals surface area contributed by atoms with E-state index < -0.39 is 20.7 Å². The lowest BCUT2D eigenvalue weighted by Gasteiger charge is -2.04. The van der Waals surface area contributed by atoms with Gasteiger partial charge in [0.25, 0.3) is 5.69 Å². The first-order valence-electron chi connectivity index (χ1n) is 7.61. The van der Waals surface area contributed by atoms with Gasteiger partial charge in [0.2, 0.25) is 5.91 Å². The number of nitro groups is 1. The summed E-state index contributed by atoms with van der Waals surface area (Å²) in [5.41, 5.74) is 0.505.